The van der Waals surface area contributed by atoms with E-state index in [-0.39, 0.29) is 19.1 Å². The van der Waals surface area contributed by atoms with Crippen LogP contribution in [0, 0.1) is 5.92 Å². The molecular weight excluding hydrogens is 357 g/mol. The Labute approximate surface area is 148 Å². The minimum atomic E-state index is -5.06. The van der Waals surface area contributed by atoms with E-state index >= 15 is 0 Å². The van der Waals surface area contributed by atoms with Crippen LogP contribution < -0.4 is 10.1 Å². The molecule has 1 saturated heterocycles. The number of nitrogens with zero attached hydrogens (tertiary/aromatic N) is 3. The number of alkyl halides is 3. The first-order valence-corrected chi connectivity index (χ1v) is 8.19. The van der Waals surface area contributed by atoms with Gasteiger partial charge in [0.05, 0.1) is 18.6 Å². The molecule has 0 bridgehead atoms. The second-order valence-electron chi connectivity index (χ2n) is 6.16. The predicted molar refractivity (Wildman–Crippen MR) is 84.2 cm³/mol. The third kappa shape index (κ3) is 4.87. The lowest BCUT2D eigenvalue weighted by molar-refractivity contribution is -0.256. The summed E-state index contributed by atoms with van der Waals surface area (Å²) in [5.41, 5.74) is 0. The average molecular weight is 378 g/mol. The third-order valence-corrected chi connectivity index (χ3v) is 3.56. The summed E-state index contributed by atoms with van der Waals surface area (Å²) >= 11 is 0. The Balaban J connectivity index is 1.88. The van der Waals surface area contributed by atoms with Crippen molar-refractivity contribution in [1.29, 1.82) is 0 Å². The van der Waals surface area contributed by atoms with Gasteiger partial charge in [-0.05, 0) is 20.3 Å². The van der Waals surface area contributed by atoms with E-state index in [4.69, 9.17) is 4.74 Å². The lowest BCUT2D eigenvalue weighted by Crippen LogP contribution is -2.53. The first kappa shape index (κ1) is 20.0. The predicted octanol–water partition coefficient (Wildman–Crippen LogP) is 2.14. The van der Waals surface area contributed by atoms with E-state index in [9.17, 15) is 22.8 Å². The van der Waals surface area contributed by atoms with Gasteiger partial charge in [-0.1, -0.05) is 6.92 Å². The highest BCUT2D eigenvalue weighted by Crippen LogP contribution is 2.25. The molecule has 0 unspecified atom stereocenters. The number of carbonyl (C=O) groups is 2. The van der Waals surface area contributed by atoms with Crippen molar-refractivity contribution >= 4 is 17.7 Å². The molecule has 0 radical (unpaired) electrons. The molecule has 1 aliphatic heterocycles. The van der Waals surface area contributed by atoms with E-state index in [1.165, 1.54) is 0 Å². The minimum Gasteiger partial charge on any atom is -0.478 e. The molecule has 0 spiro atoms. The molecule has 1 amide bonds. The Morgan fingerprint density at radius 1 is 1.38 bits per heavy atom. The molecule has 2 rings (SSSR count). The van der Waals surface area contributed by atoms with Crippen molar-refractivity contribution in [3.05, 3.63) is 6.07 Å². The smallest absolute Gasteiger partial charge is 0.478 e. The topological polar surface area (TPSA) is 85.7 Å². The molecule has 1 aromatic rings. The van der Waals surface area contributed by atoms with Crippen LogP contribution in [0.1, 0.15) is 33.2 Å². The monoisotopic (exact) mass is 378 g/mol. The van der Waals surface area contributed by atoms with Crippen molar-refractivity contribution in [3.8, 4) is 5.88 Å². The van der Waals surface area contributed by atoms with Crippen LogP contribution in [-0.4, -0.2) is 52.6 Å². The van der Waals surface area contributed by atoms with Gasteiger partial charge in [-0.2, -0.15) is 18.3 Å². The minimum absolute atomic E-state index is 0.0217. The van der Waals surface area contributed by atoms with Gasteiger partial charge in [-0.15, -0.1) is 5.06 Å². The molecule has 0 aromatic carbocycles. The van der Waals surface area contributed by atoms with Crippen LogP contribution in [-0.2, 0) is 14.4 Å². The van der Waals surface area contributed by atoms with E-state index in [1.54, 1.807) is 10.7 Å². The number of hydrogen-bond acceptors (Lipinski definition) is 6. The first-order chi connectivity index (χ1) is 12.1. The second kappa shape index (κ2) is 7.94. The largest absolute Gasteiger partial charge is 0.492 e. The zero-order valence-electron chi connectivity index (χ0n) is 14.7. The van der Waals surface area contributed by atoms with Gasteiger partial charge in [0.25, 0.3) is 0 Å². The summed E-state index contributed by atoms with van der Waals surface area (Å²) in [6.45, 7) is 6.07. The van der Waals surface area contributed by atoms with Crippen LogP contribution in [0.2, 0.25) is 0 Å². The molecular formula is C15H21F3N4O4. The van der Waals surface area contributed by atoms with E-state index in [2.05, 4.69) is 15.3 Å². The van der Waals surface area contributed by atoms with Crippen molar-refractivity contribution in [2.24, 2.45) is 5.92 Å². The highest BCUT2D eigenvalue weighted by atomic mass is 19.4. The van der Waals surface area contributed by atoms with Crippen molar-refractivity contribution < 1.29 is 32.3 Å². The summed E-state index contributed by atoms with van der Waals surface area (Å²) in [7, 11) is 0. The van der Waals surface area contributed by atoms with Crippen molar-refractivity contribution in [3.63, 3.8) is 0 Å². The first-order valence-electron chi connectivity index (χ1n) is 8.19. The Bertz CT molecular complexity index is 654. The highest BCUT2D eigenvalue weighted by Gasteiger charge is 2.45. The fourth-order valence-electron chi connectivity index (χ4n) is 2.20. The number of aromatic nitrogens is 2. The maximum atomic E-state index is 12.1. The van der Waals surface area contributed by atoms with Gasteiger partial charge in [0.15, 0.2) is 5.82 Å². The zero-order chi connectivity index (χ0) is 19.5. The quantitative estimate of drug-likeness (QED) is 0.783. The summed E-state index contributed by atoms with van der Waals surface area (Å²) in [6.07, 6.45) is -4.24. The van der Waals surface area contributed by atoms with Crippen LogP contribution in [0.4, 0.5) is 19.0 Å². The van der Waals surface area contributed by atoms with E-state index < -0.39 is 24.0 Å². The molecule has 1 N–H and O–H groups in total. The molecule has 26 heavy (non-hydrogen) atoms. The normalized spacial score (nSPS) is 15.7. The van der Waals surface area contributed by atoms with Gasteiger partial charge >= 0.3 is 12.1 Å². The number of carbonyl (C=O) groups excluding carboxylic acids is 2. The SMILES string of the molecule is CCCOc1cc(NC(=O)C2CN(OC(=O)C(F)(F)F)C2)nn1C(C)C. The van der Waals surface area contributed by atoms with Crippen LogP contribution in [0.3, 0.4) is 0 Å². The maximum absolute atomic E-state index is 12.1. The maximum Gasteiger partial charge on any atom is 0.492 e. The number of halogens is 3. The van der Waals surface area contributed by atoms with Gasteiger partial charge in [-0.25, -0.2) is 9.48 Å². The standard InChI is InChI=1S/C15H21F3N4O4/c1-4-5-25-12-6-11(20-22(12)9(2)3)19-13(23)10-7-21(8-10)26-14(24)15(16,17)18/h6,9-10H,4-5,7-8H2,1-3H3,(H,19,20,23). The van der Waals surface area contributed by atoms with Gasteiger partial charge < -0.3 is 14.9 Å². The molecule has 0 atom stereocenters. The number of amides is 1. The molecule has 8 nitrogen and oxygen atoms in total. The molecule has 0 aliphatic carbocycles. The summed E-state index contributed by atoms with van der Waals surface area (Å²) in [5, 5.41) is 7.65. The lowest BCUT2D eigenvalue weighted by atomic mass is 10.0. The molecule has 1 aliphatic rings. The van der Waals surface area contributed by atoms with Crippen molar-refractivity contribution in [2.75, 3.05) is 25.0 Å². The number of hydrogen-bond donors (Lipinski definition) is 1. The third-order valence-electron chi connectivity index (χ3n) is 3.56. The Hall–Kier alpha value is -2.30. The van der Waals surface area contributed by atoms with Gasteiger partial charge in [-0.3, -0.25) is 4.79 Å². The van der Waals surface area contributed by atoms with Crippen LogP contribution >= 0.6 is 0 Å². The lowest BCUT2D eigenvalue weighted by Gasteiger charge is -2.35. The summed E-state index contributed by atoms with van der Waals surface area (Å²) in [6, 6.07) is 1.61. The fraction of sp³-hybridized carbons (Fsp3) is 0.667. The summed E-state index contributed by atoms with van der Waals surface area (Å²) in [4.78, 5) is 27.0. The van der Waals surface area contributed by atoms with E-state index in [0.717, 1.165) is 11.5 Å². The van der Waals surface area contributed by atoms with Crippen LogP contribution in [0.15, 0.2) is 6.07 Å². The van der Waals surface area contributed by atoms with Gasteiger partial charge in [0, 0.05) is 19.2 Å². The number of nitrogens with one attached hydrogen (secondary N) is 1. The van der Waals surface area contributed by atoms with Crippen molar-refractivity contribution in [1.82, 2.24) is 14.8 Å². The molecule has 2 heterocycles. The van der Waals surface area contributed by atoms with Crippen molar-refractivity contribution in [2.45, 2.75) is 39.4 Å². The molecule has 146 valence electrons. The Morgan fingerprint density at radius 2 is 2.04 bits per heavy atom. The Morgan fingerprint density at radius 3 is 2.58 bits per heavy atom. The number of rotatable bonds is 7. The van der Waals surface area contributed by atoms with Gasteiger partial charge in [0.2, 0.25) is 11.8 Å². The van der Waals surface area contributed by atoms with Crippen LogP contribution in [0.5, 0.6) is 5.88 Å². The van der Waals surface area contributed by atoms with Gasteiger partial charge in [0.1, 0.15) is 0 Å². The molecule has 0 saturated carbocycles. The highest BCUT2D eigenvalue weighted by molar-refractivity contribution is 5.92. The molecule has 11 heteroatoms. The summed E-state index contributed by atoms with van der Waals surface area (Å²) in [5.74, 6) is -2.50. The zero-order valence-corrected chi connectivity index (χ0v) is 14.7. The molecule has 1 aromatic heterocycles. The summed E-state index contributed by atoms with van der Waals surface area (Å²) < 4.78 is 43.5. The number of ether oxygens (including phenoxy) is 1. The fourth-order valence-corrected chi connectivity index (χ4v) is 2.20. The van der Waals surface area contributed by atoms with E-state index in [1.807, 2.05) is 20.8 Å². The molecule has 1 fully saturated rings. The van der Waals surface area contributed by atoms with Crippen LogP contribution in [0.25, 0.3) is 0 Å². The second-order valence-corrected chi connectivity index (χ2v) is 6.16. The Kier molecular flexibility index (Phi) is 6.11. The van der Waals surface area contributed by atoms with E-state index in [0.29, 0.717) is 18.3 Å². The average Bonchev–Trinajstić information content (AvgIpc) is 2.89. The number of hydroxylamine groups is 2. The number of anilines is 1.